The van der Waals surface area contributed by atoms with Gasteiger partial charge in [-0.2, -0.15) is 0 Å². The number of amides is 2. The van der Waals surface area contributed by atoms with Crippen LogP contribution in [0, 0.1) is 19.7 Å². The highest BCUT2D eigenvalue weighted by Gasteiger charge is 2.09. The van der Waals surface area contributed by atoms with Crippen LogP contribution < -0.4 is 10.6 Å². The lowest BCUT2D eigenvalue weighted by Gasteiger charge is -2.09. The number of carbonyl (C=O) groups excluding carboxylic acids is 2. The standard InChI is InChI=1S/C17H17FN2O2/c1-11-6-7-15(8-12(11)2)20-16(21)10-19-17(22)13-4-3-5-14(18)9-13/h3-9H,10H2,1-2H3,(H,19,22)(H,20,21). The summed E-state index contributed by atoms with van der Waals surface area (Å²) < 4.78 is 13.0. The smallest absolute Gasteiger partial charge is 0.251 e. The molecule has 0 saturated heterocycles. The maximum atomic E-state index is 13.0. The molecule has 114 valence electrons. The predicted octanol–water partition coefficient (Wildman–Crippen LogP) is 2.81. The second-order valence-corrected chi connectivity index (χ2v) is 5.04. The van der Waals surface area contributed by atoms with Crippen molar-refractivity contribution in [3.8, 4) is 0 Å². The van der Waals surface area contributed by atoms with Crippen LogP contribution in [0.25, 0.3) is 0 Å². The molecule has 0 atom stereocenters. The van der Waals surface area contributed by atoms with Gasteiger partial charge in [0.25, 0.3) is 5.91 Å². The van der Waals surface area contributed by atoms with Crippen LogP contribution in [0.1, 0.15) is 21.5 Å². The van der Waals surface area contributed by atoms with E-state index in [9.17, 15) is 14.0 Å². The molecule has 0 aliphatic heterocycles. The fraction of sp³-hybridized carbons (Fsp3) is 0.176. The molecule has 2 amide bonds. The van der Waals surface area contributed by atoms with Crippen LogP contribution in [0.4, 0.5) is 10.1 Å². The number of rotatable bonds is 4. The van der Waals surface area contributed by atoms with Gasteiger partial charge < -0.3 is 10.6 Å². The summed E-state index contributed by atoms with van der Waals surface area (Å²) in [5, 5.41) is 5.15. The van der Waals surface area contributed by atoms with Crippen molar-refractivity contribution >= 4 is 17.5 Å². The van der Waals surface area contributed by atoms with Crippen molar-refractivity contribution in [1.29, 1.82) is 0 Å². The third kappa shape index (κ3) is 4.15. The molecule has 0 saturated carbocycles. The van der Waals surface area contributed by atoms with Crippen molar-refractivity contribution in [3.05, 3.63) is 65.0 Å². The highest BCUT2D eigenvalue weighted by molar-refractivity contribution is 5.99. The molecule has 22 heavy (non-hydrogen) atoms. The Bertz CT molecular complexity index is 714. The molecule has 0 fully saturated rings. The number of carbonyl (C=O) groups is 2. The largest absolute Gasteiger partial charge is 0.343 e. The first kappa shape index (κ1) is 15.7. The Labute approximate surface area is 128 Å². The van der Waals surface area contributed by atoms with E-state index in [1.165, 1.54) is 18.2 Å². The number of anilines is 1. The topological polar surface area (TPSA) is 58.2 Å². The minimum absolute atomic E-state index is 0.178. The van der Waals surface area contributed by atoms with Gasteiger partial charge in [0.15, 0.2) is 0 Å². The zero-order valence-electron chi connectivity index (χ0n) is 12.4. The summed E-state index contributed by atoms with van der Waals surface area (Å²) in [6.07, 6.45) is 0. The van der Waals surface area contributed by atoms with Gasteiger partial charge in [0.1, 0.15) is 5.82 Å². The molecule has 4 nitrogen and oxygen atoms in total. The molecule has 0 bridgehead atoms. The molecule has 0 aliphatic rings. The van der Waals surface area contributed by atoms with Gasteiger partial charge in [0.05, 0.1) is 6.54 Å². The molecule has 0 unspecified atom stereocenters. The molecule has 0 aliphatic carbocycles. The van der Waals surface area contributed by atoms with Crippen molar-refractivity contribution < 1.29 is 14.0 Å². The van der Waals surface area contributed by atoms with Crippen LogP contribution in [-0.4, -0.2) is 18.4 Å². The van der Waals surface area contributed by atoms with E-state index >= 15 is 0 Å². The number of hydrogen-bond donors (Lipinski definition) is 2. The van der Waals surface area contributed by atoms with Gasteiger partial charge in [-0.1, -0.05) is 12.1 Å². The molecule has 2 aromatic rings. The summed E-state index contributed by atoms with van der Waals surface area (Å²) in [5.41, 5.74) is 3.06. The average Bonchev–Trinajstić information content (AvgIpc) is 2.48. The Morgan fingerprint density at radius 1 is 1.05 bits per heavy atom. The van der Waals surface area contributed by atoms with Crippen LogP contribution in [0.5, 0.6) is 0 Å². The summed E-state index contributed by atoms with van der Waals surface area (Å²) in [5.74, 6) is -1.32. The number of halogens is 1. The fourth-order valence-corrected chi connectivity index (χ4v) is 1.92. The summed E-state index contributed by atoms with van der Waals surface area (Å²) in [6.45, 7) is 3.76. The molecule has 0 aromatic heterocycles. The van der Waals surface area contributed by atoms with Gasteiger partial charge in [-0.05, 0) is 55.3 Å². The zero-order valence-corrected chi connectivity index (χ0v) is 12.4. The Morgan fingerprint density at radius 2 is 1.82 bits per heavy atom. The highest BCUT2D eigenvalue weighted by atomic mass is 19.1. The van der Waals surface area contributed by atoms with Crippen molar-refractivity contribution in [2.45, 2.75) is 13.8 Å². The first-order valence-electron chi connectivity index (χ1n) is 6.86. The Kier molecular flexibility index (Phi) is 4.88. The quantitative estimate of drug-likeness (QED) is 0.912. The average molecular weight is 300 g/mol. The summed E-state index contributed by atoms with van der Waals surface area (Å²) in [7, 11) is 0. The maximum absolute atomic E-state index is 13.0. The predicted molar refractivity (Wildman–Crippen MR) is 83.3 cm³/mol. The summed E-state index contributed by atoms with van der Waals surface area (Å²) >= 11 is 0. The second-order valence-electron chi connectivity index (χ2n) is 5.04. The summed E-state index contributed by atoms with van der Waals surface area (Å²) in [6, 6.07) is 10.9. The fourth-order valence-electron chi connectivity index (χ4n) is 1.92. The van der Waals surface area contributed by atoms with Crippen LogP contribution in [0.2, 0.25) is 0 Å². The Hall–Kier alpha value is -2.69. The third-order valence-electron chi connectivity index (χ3n) is 3.29. The van der Waals surface area contributed by atoms with Crippen molar-refractivity contribution in [3.63, 3.8) is 0 Å². The minimum atomic E-state index is -0.493. The molecule has 2 aromatic carbocycles. The SMILES string of the molecule is Cc1ccc(NC(=O)CNC(=O)c2cccc(F)c2)cc1C. The Balaban J connectivity index is 1.90. The second kappa shape index (κ2) is 6.85. The van der Waals surface area contributed by atoms with Gasteiger partial charge in [-0.3, -0.25) is 9.59 Å². The molecule has 0 spiro atoms. The van der Waals surface area contributed by atoms with E-state index in [-0.39, 0.29) is 18.0 Å². The number of hydrogen-bond acceptors (Lipinski definition) is 2. The van der Waals surface area contributed by atoms with Crippen LogP contribution in [0.15, 0.2) is 42.5 Å². The van der Waals surface area contributed by atoms with E-state index in [2.05, 4.69) is 10.6 Å². The highest BCUT2D eigenvalue weighted by Crippen LogP contribution is 2.13. The number of aryl methyl sites for hydroxylation is 2. The van der Waals surface area contributed by atoms with Gasteiger partial charge in [-0.25, -0.2) is 4.39 Å². The van der Waals surface area contributed by atoms with Gasteiger partial charge in [0, 0.05) is 11.3 Å². The first-order chi connectivity index (χ1) is 10.5. The molecule has 0 radical (unpaired) electrons. The Morgan fingerprint density at radius 3 is 2.50 bits per heavy atom. The summed E-state index contributed by atoms with van der Waals surface area (Å²) in [4.78, 5) is 23.6. The van der Waals surface area contributed by atoms with E-state index in [0.29, 0.717) is 5.69 Å². The molecular weight excluding hydrogens is 283 g/mol. The monoisotopic (exact) mass is 300 g/mol. The number of benzene rings is 2. The van der Waals surface area contributed by atoms with Crippen LogP contribution in [0.3, 0.4) is 0 Å². The van der Waals surface area contributed by atoms with Crippen LogP contribution >= 0.6 is 0 Å². The maximum Gasteiger partial charge on any atom is 0.251 e. The van der Waals surface area contributed by atoms with Crippen molar-refractivity contribution in [2.75, 3.05) is 11.9 Å². The minimum Gasteiger partial charge on any atom is -0.343 e. The normalized spacial score (nSPS) is 10.1. The van der Waals surface area contributed by atoms with Crippen LogP contribution in [-0.2, 0) is 4.79 Å². The van der Waals surface area contributed by atoms with Crippen molar-refractivity contribution in [1.82, 2.24) is 5.32 Å². The molecule has 2 rings (SSSR count). The lowest BCUT2D eigenvalue weighted by Crippen LogP contribution is -2.32. The van der Waals surface area contributed by atoms with E-state index in [0.717, 1.165) is 17.2 Å². The van der Waals surface area contributed by atoms with E-state index < -0.39 is 11.7 Å². The van der Waals surface area contributed by atoms with Crippen molar-refractivity contribution in [2.24, 2.45) is 0 Å². The lowest BCUT2D eigenvalue weighted by molar-refractivity contribution is -0.115. The molecular formula is C17H17FN2O2. The molecule has 2 N–H and O–H groups in total. The van der Waals surface area contributed by atoms with E-state index in [1.807, 2.05) is 26.0 Å². The van der Waals surface area contributed by atoms with Gasteiger partial charge in [0.2, 0.25) is 5.91 Å². The zero-order chi connectivity index (χ0) is 16.1. The van der Waals surface area contributed by atoms with Gasteiger partial charge >= 0.3 is 0 Å². The number of nitrogens with one attached hydrogen (secondary N) is 2. The molecule has 5 heteroatoms. The lowest BCUT2D eigenvalue weighted by atomic mass is 10.1. The molecule has 0 heterocycles. The van der Waals surface area contributed by atoms with E-state index in [4.69, 9.17) is 0 Å². The van der Waals surface area contributed by atoms with E-state index in [1.54, 1.807) is 6.07 Å². The third-order valence-corrected chi connectivity index (χ3v) is 3.29. The first-order valence-corrected chi connectivity index (χ1v) is 6.86. The van der Waals surface area contributed by atoms with Gasteiger partial charge in [-0.15, -0.1) is 0 Å².